The largest absolute Gasteiger partial charge is 0.430 e. The molecule has 9 nitrogen and oxygen atoms in total. The fraction of sp³-hybridized carbons (Fsp3) is 0.300. The lowest BCUT2D eigenvalue weighted by molar-refractivity contribution is -0.385. The molecule has 2 heterocycles. The molecular weight excluding hydrogens is 252 g/mol. The molecule has 19 heavy (non-hydrogen) atoms. The van der Waals surface area contributed by atoms with Crippen LogP contribution >= 0.6 is 0 Å². The maximum atomic E-state index is 10.9. The van der Waals surface area contributed by atoms with E-state index in [-0.39, 0.29) is 17.7 Å². The molecule has 2 aromatic rings. The lowest BCUT2D eigenvalue weighted by Crippen LogP contribution is -2.02. The number of nitrogens with zero attached hydrogens (tertiary/aromatic N) is 5. The van der Waals surface area contributed by atoms with Crippen LogP contribution in [0.25, 0.3) is 0 Å². The highest BCUT2D eigenvalue weighted by molar-refractivity contribution is 5.58. The minimum Gasteiger partial charge on any atom is -0.430 e. The van der Waals surface area contributed by atoms with E-state index in [1.54, 1.807) is 10.9 Å². The Morgan fingerprint density at radius 1 is 1.47 bits per heavy atom. The molecule has 0 radical (unpaired) electrons. The van der Waals surface area contributed by atoms with E-state index in [2.05, 4.69) is 15.1 Å². The van der Waals surface area contributed by atoms with Crippen molar-refractivity contribution in [3.8, 4) is 11.6 Å². The fourth-order valence-corrected chi connectivity index (χ4v) is 1.39. The van der Waals surface area contributed by atoms with E-state index in [1.165, 1.54) is 6.20 Å². The molecule has 0 aliphatic heterocycles. The molecular formula is C10H12N6O3. The van der Waals surface area contributed by atoms with Gasteiger partial charge in [-0.1, -0.05) is 0 Å². The third-order valence-electron chi connectivity index (χ3n) is 2.32. The molecule has 0 amide bonds. The topological polar surface area (TPSA) is 122 Å². The molecule has 0 saturated carbocycles. The first-order chi connectivity index (χ1) is 8.99. The van der Waals surface area contributed by atoms with E-state index in [0.717, 1.165) is 6.33 Å². The van der Waals surface area contributed by atoms with E-state index >= 15 is 0 Å². The average molecular weight is 264 g/mol. The van der Waals surface area contributed by atoms with Gasteiger partial charge in [0.05, 0.1) is 17.3 Å². The van der Waals surface area contributed by atoms with E-state index in [1.807, 2.05) is 13.8 Å². The summed E-state index contributed by atoms with van der Waals surface area (Å²) in [6, 6.07) is 0.155. The normalized spacial score (nSPS) is 10.7. The van der Waals surface area contributed by atoms with Gasteiger partial charge in [-0.05, 0) is 13.8 Å². The van der Waals surface area contributed by atoms with Gasteiger partial charge >= 0.3 is 11.6 Å². The number of ether oxygens (including phenoxy) is 1. The van der Waals surface area contributed by atoms with Crippen LogP contribution in [0.4, 0.5) is 11.5 Å². The molecule has 0 bridgehead atoms. The van der Waals surface area contributed by atoms with Gasteiger partial charge in [0.2, 0.25) is 5.82 Å². The van der Waals surface area contributed by atoms with Gasteiger partial charge in [-0.25, -0.2) is 4.98 Å². The molecule has 0 aliphatic carbocycles. The van der Waals surface area contributed by atoms with Crippen molar-refractivity contribution in [2.45, 2.75) is 19.9 Å². The van der Waals surface area contributed by atoms with E-state index < -0.39 is 10.6 Å². The van der Waals surface area contributed by atoms with Gasteiger partial charge in [0.15, 0.2) is 5.75 Å². The second kappa shape index (κ2) is 4.88. The fourth-order valence-electron chi connectivity index (χ4n) is 1.39. The highest BCUT2D eigenvalue weighted by Gasteiger charge is 2.23. The van der Waals surface area contributed by atoms with E-state index in [4.69, 9.17) is 10.5 Å². The van der Waals surface area contributed by atoms with Gasteiger partial charge < -0.3 is 10.5 Å². The quantitative estimate of drug-likeness (QED) is 0.656. The molecule has 0 aliphatic rings. The summed E-state index contributed by atoms with van der Waals surface area (Å²) < 4.78 is 6.98. The summed E-state index contributed by atoms with van der Waals surface area (Å²) in [5.74, 6) is -0.109. The number of nitrogens with two attached hydrogens (primary N) is 1. The zero-order chi connectivity index (χ0) is 14.0. The number of nitro groups is 1. The summed E-state index contributed by atoms with van der Waals surface area (Å²) in [6.07, 6.45) is 4.17. The summed E-state index contributed by atoms with van der Waals surface area (Å²) in [6.45, 7) is 3.89. The molecule has 100 valence electrons. The predicted octanol–water partition coefficient (Wildman–Crippen LogP) is 1.54. The third kappa shape index (κ3) is 2.59. The summed E-state index contributed by atoms with van der Waals surface area (Å²) >= 11 is 0. The van der Waals surface area contributed by atoms with Gasteiger partial charge in [0, 0.05) is 6.04 Å². The zero-order valence-electron chi connectivity index (χ0n) is 10.3. The summed E-state index contributed by atoms with van der Waals surface area (Å²) in [7, 11) is 0. The van der Waals surface area contributed by atoms with Gasteiger partial charge in [-0.3, -0.25) is 14.8 Å². The van der Waals surface area contributed by atoms with Crippen molar-refractivity contribution >= 4 is 11.5 Å². The highest BCUT2D eigenvalue weighted by Crippen LogP contribution is 2.32. The molecule has 0 unspecified atom stereocenters. The van der Waals surface area contributed by atoms with Crippen molar-refractivity contribution in [1.82, 2.24) is 19.7 Å². The van der Waals surface area contributed by atoms with Crippen LogP contribution in [0.2, 0.25) is 0 Å². The van der Waals surface area contributed by atoms with Crippen molar-refractivity contribution in [2.24, 2.45) is 0 Å². The Morgan fingerprint density at radius 3 is 2.79 bits per heavy atom. The molecule has 0 saturated heterocycles. The number of nitrogen functional groups attached to an aromatic ring is 1. The number of anilines is 1. The zero-order valence-corrected chi connectivity index (χ0v) is 10.3. The monoisotopic (exact) mass is 264 g/mol. The lowest BCUT2D eigenvalue weighted by Gasteiger charge is -2.04. The Labute approximate surface area is 108 Å². The van der Waals surface area contributed by atoms with Crippen LogP contribution in [-0.2, 0) is 0 Å². The number of rotatable bonds is 4. The summed E-state index contributed by atoms with van der Waals surface area (Å²) in [4.78, 5) is 17.5. The smallest absolute Gasteiger partial charge is 0.372 e. The molecule has 0 atom stereocenters. The van der Waals surface area contributed by atoms with Crippen LogP contribution in [0, 0.1) is 10.1 Å². The second-order valence-electron chi connectivity index (χ2n) is 4.02. The van der Waals surface area contributed by atoms with Crippen LogP contribution in [0.1, 0.15) is 19.9 Å². The molecule has 2 N–H and O–H groups in total. The summed E-state index contributed by atoms with van der Waals surface area (Å²) in [5, 5.41) is 14.9. The van der Waals surface area contributed by atoms with E-state index in [9.17, 15) is 10.1 Å². The minimum atomic E-state index is -0.683. The Kier molecular flexibility index (Phi) is 3.27. The predicted molar refractivity (Wildman–Crippen MR) is 65.8 cm³/mol. The first-order valence-electron chi connectivity index (χ1n) is 5.46. The average Bonchev–Trinajstić information content (AvgIpc) is 2.77. The van der Waals surface area contributed by atoms with Crippen LogP contribution in [0.15, 0.2) is 18.7 Å². The van der Waals surface area contributed by atoms with Crippen LogP contribution in [0.5, 0.6) is 11.6 Å². The molecule has 0 aromatic carbocycles. The van der Waals surface area contributed by atoms with Gasteiger partial charge in [-0.15, -0.1) is 0 Å². The maximum absolute atomic E-state index is 10.9. The van der Waals surface area contributed by atoms with Crippen molar-refractivity contribution in [3.05, 3.63) is 28.8 Å². The highest BCUT2D eigenvalue weighted by atomic mass is 16.6. The lowest BCUT2D eigenvalue weighted by atomic mass is 10.4. The van der Waals surface area contributed by atoms with Crippen molar-refractivity contribution < 1.29 is 9.66 Å². The van der Waals surface area contributed by atoms with E-state index in [0.29, 0.717) is 5.75 Å². The summed E-state index contributed by atoms with van der Waals surface area (Å²) in [5.41, 5.74) is 4.98. The second-order valence-corrected chi connectivity index (χ2v) is 4.02. The van der Waals surface area contributed by atoms with Crippen LogP contribution in [0.3, 0.4) is 0 Å². The Hall–Kier alpha value is -2.71. The third-order valence-corrected chi connectivity index (χ3v) is 2.32. The van der Waals surface area contributed by atoms with Gasteiger partial charge in [0.25, 0.3) is 0 Å². The minimum absolute atomic E-state index is 0.155. The molecule has 0 spiro atoms. The Bertz CT molecular complexity index is 609. The molecule has 2 aromatic heterocycles. The molecule has 9 heteroatoms. The first kappa shape index (κ1) is 12.7. The van der Waals surface area contributed by atoms with Gasteiger partial charge in [0.1, 0.15) is 6.33 Å². The maximum Gasteiger partial charge on any atom is 0.372 e. The van der Waals surface area contributed by atoms with Crippen molar-refractivity contribution in [1.29, 1.82) is 0 Å². The number of aromatic nitrogens is 4. The standard InChI is InChI=1S/C10H12N6O3/c1-6(2)15-4-7(3-14-15)19-10-8(16(17)18)9(11)12-5-13-10/h3-6H,1-2H3,(H2,11,12,13). The Morgan fingerprint density at radius 2 is 2.21 bits per heavy atom. The first-order valence-corrected chi connectivity index (χ1v) is 5.46. The molecule has 0 fully saturated rings. The Balaban J connectivity index is 2.32. The number of hydrogen-bond acceptors (Lipinski definition) is 7. The molecule has 2 rings (SSSR count). The van der Waals surface area contributed by atoms with Crippen LogP contribution in [-0.4, -0.2) is 24.7 Å². The van der Waals surface area contributed by atoms with Crippen molar-refractivity contribution in [2.75, 3.05) is 5.73 Å². The van der Waals surface area contributed by atoms with Crippen molar-refractivity contribution in [3.63, 3.8) is 0 Å². The number of hydrogen-bond donors (Lipinski definition) is 1. The van der Waals surface area contributed by atoms with Gasteiger partial charge in [-0.2, -0.15) is 10.1 Å². The SMILES string of the molecule is CC(C)n1cc(Oc2ncnc(N)c2[N+](=O)[O-])cn1. The van der Waals surface area contributed by atoms with Crippen LogP contribution < -0.4 is 10.5 Å².